The number of aromatic nitrogens is 2. The van der Waals surface area contributed by atoms with Crippen LogP contribution in [0.4, 0.5) is 0 Å². The van der Waals surface area contributed by atoms with Crippen LogP contribution in [0.1, 0.15) is 5.69 Å². The maximum Gasteiger partial charge on any atom is 0.0638 e. The molecule has 1 aromatic heterocycles. The van der Waals surface area contributed by atoms with Gasteiger partial charge in [0.05, 0.1) is 11.9 Å². The molecule has 0 saturated carbocycles. The molecule has 1 heterocycles. The van der Waals surface area contributed by atoms with Crippen molar-refractivity contribution >= 4 is 32.9 Å². The van der Waals surface area contributed by atoms with E-state index in [9.17, 15) is 0 Å². The monoisotopic (exact) mass is 252 g/mol. The SMILES string of the molecule is Br.Cc1cc(Br)cnn1. The molecule has 0 spiro atoms. The van der Waals surface area contributed by atoms with Gasteiger partial charge in [0.15, 0.2) is 0 Å². The Morgan fingerprint density at radius 3 is 2.56 bits per heavy atom. The molecule has 0 fully saturated rings. The summed E-state index contributed by atoms with van der Waals surface area (Å²) in [5.41, 5.74) is 0.930. The van der Waals surface area contributed by atoms with E-state index in [1.165, 1.54) is 0 Å². The molecule has 4 heteroatoms. The number of halogens is 2. The van der Waals surface area contributed by atoms with Crippen LogP contribution in [0.5, 0.6) is 0 Å². The van der Waals surface area contributed by atoms with Crippen molar-refractivity contribution in [3.05, 3.63) is 22.4 Å². The van der Waals surface area contributed by atoms with Crippen LogP contribution in [0.25, 0.3) is 0 Å². The maximum atomic E-state index is 3.76. The minimum absolute atomic E-state index is 0. The summed E-state index contributed by atoms with van der Waals surface area (Å²) >= 11 is 3.26. The molecule has 0 amide bonds. The second kappa shape index (κ2) is 3.95. The zero-order valence-electron chi connectivity index (χ0n) is 4.84. The Balaban J connectivity index is 0.000000640. The van der Waals surface area contributed by atoms with Crippen LogP contribution in [0.15, 0.2) is 16.7 Å². The molecule has 2 nitrogen and oxygen atoms in total. The predicted molar refractivity (Wildman–Crippen MR) is 44.8 cm³/mol. The second-order valence-electron chi connectivity index (χ2n) is 1.52. The summed E-state index contributed by atoms with van der Waals surface area (Å²) in [6, 6.07) is 1.91. The van der Waals surface area contributed by atoms with Gasteiger partial charge in [-0.2, -0.15) is 10.2 Å². The largest absolute Gasteiger partial charge is 0.158 e. The lowest BCUT2D eigenvalue weighted by Gasteiger charge is -1.86. The van der Waals surface area contributed by atoms with Crippen LogP contribution in [0, 0.1) is 6.92 Å². The molecule has 0 aliphatic rings. The highest BCUT2D eigenvalue weighted by Gasteiger charge is 1.85. The fourth-order valence-corrected chi connectivity index (χ4v) is 0.864. The Bertz CT molecular complexity index is 173. The molecule has 0 aromatic carbocycles. The average molecular weight is 254 g/mol. The first-order valence-corrected chi connectivity index (χ1v) is 3.03. The molecule has 0 saturated heterocycles. The zero-order chi connectivity index (χ0) is 5.98. The van der Waals surface area contributed by atoms with Crippen molar-refractivity contribution in [2.75, 3.05) is 0 Å². The van der Waals surface area contributed by atoms with Crippen molar-refractivity contribution in [1.29, 1.82) is 0 Å². The third-order valence-electron chi connectivity index (χ3n) is 0.743. The lowest BCUT2D eigenvalue weighted by atomic mass is 10.4. The standard InChI is InChI=1S/C5H5BrN2.BrH/c1-4-2-5(6)3-7-8-4;/h2-3H,1H3;1H. The van der Waals surface area contributed by atoms with E-state index in [1.807, 2.05) is 13.0 Å². The first-order valence-electron chi connectivity index (χ1n) is 2.24. The van der Waals surface area contributed by atoms with E-state index < -0.39 is 0 Å². The fraction of sp³-hybridized carbons (Fsp3) is 0.200. The molecule has 1 rings (SSSR count). The van der Waals surface area contributed by atoms with E-state index in [0.29, 0.717) is 0 Å². The molecule has 0 radical (unpaired) electrons. The Kier molecular flexibility index (Phi) is 3.97. The van der Waals surface area contributed by atoms with Gasteiger partial charge in [-0.1, -0.05) is 0 Å². The van der Waals surface area contributed by atoms with E-state index in [0.717, 1.165) is 10.2 Å². The molecular formula is C5H6Br2N2. The van der Waals surface area contributed by atoms with E-state index in [4.69, 9.17) is 0 Å². The minimum atomic E-state index is 0. The highest BCUT2D eigenvalue weighted by atomic mass is 79.9. The number of nitrogens with zero attached hydrogens (tertiary/aromatic N) is 2. The average Bonchev–Trinajstić information content (AvgIpc) is 1.64. The van der Waals surface area contributed by atoms with Gasteiger partial charge in [-0.15, -0.1) is 17.0 Å². The lowest BCUT2D eigenvalue weighted by Crippen LogP contribution is -1.82. The molecule has 50 valence electrons. The Morgan fingerprint density at radius 1 is 1.56 bits per heavy atom. The third-order valence-corrected chi connectivity index (χ3v) is 1.18. The van der Waals surface area contributed by atoms with Crippen molar-refractivity contribution in [1.82, 2.24) is 10.2 Å². The first kappa shape index (κ1) is 9.04. The number of hydrogen-bond donors (Lipinski definition) is 0. The van der Waals surface area contributed by atoms with Crippen LogP contribution in [-0.4, -0.2) is 10.2 Å². The molecule has 0 bridgehead atoms. The summed E-state index contributed by atoms with van der Waals surface area (Å²) < 4.78 is 0.977. The zero-order valence-corrected chi connectivity index (χ0v) is 8.13. The summed E-state index contributed by atoms with van der Waals surface area (Å²) in [6.07, 6.45) is 1.66. The first-order chi connectivity index (χ1) is 3.79. The van der Waals surface area contributed by atoms with Gasteiger partial charge in [0.1, 0.15) is 0 Å². The summed E-state index contributed by atoms with van der Waals surface area (Å²) in [5, 5.41) is 7.45. The predicted octanol–water partition coefficient (Wildman–Crippen LogP) is 2.13. The van der Waals surface area contributed by atoms with E-state index in [1.54, 1.807) is 6.20 Å². The Labute approximate surface area is 72.6 Å². The fourth-order valence-electron chi connectivity index (χ4n) is 0.441. The number of rotatable bonds is 0. The molecular weight excluding hydrogens is 248 g/mol. The second-order valence-corrected chi connectivity index (χ2v) is 2.43. The quantitative estimate of drug-likeness (QED) is 0.708. The smallest absolute Gasteiger partial charge is 0.0638 e. The van der Waals surface area contributed by atoms with E-state index in [-0.39, 0.29) is 17.0 Å². The number of aryl methyl sites for hydroxylation is 1. The highest BCUT2D eigenvalue weighted by molar-refractivity contribution is 9.10. The van der Waals surface area contributed by atoms with Gasteiger partial charge in [-0.25, -0.2) is 0 Å². The van der Waals surface area contributed by atoms with Crippen molar-refractivity contribution in [3.8, 4) is 0 Å². The minimum Gasteiger partial charge on any atom is -0.158 e. The van der Waals surface area contributed by atoms with Gasteiger partial charge in [-0.3, -0.25) is 0 Å². The molecule has 0 aliphatic heterocycles. The normalized spacial score (nSPS) is 8.22. The van der Waals surface area contributed by atoms with Crippen molar-refractivity contribution < 1.29 is 0 Å². The van der Waals surface area contributed by atoms with Gasteiger partial charge >= 0.3 is 0 Å². The van der Waals surface area contributed by atoms with E-state index in [2.05, 4.69) is 26.1 Å². The van der Waals surface area contributed by atoms with Gasteiger partial charge in [0.25, 0.3) is 0 Å². The molecule has 0 unspecified atom stereocenters. The van der Waals surface area contributed by atoms with Crippen molar-refractivity contribution in [2.45, 2.75) is 6.92 Å². The van der Waals surface area contributed by atoms with Crippen LogP contribution >= 0.6 is 32.9 Å². The van der Waals surface area contributed by atoms with Crippen LogP contribution in [0.2, 0.25) is 0 Å². The lowest BCUT2D eigenvalue weighted by molar-refractivity contribution is 0.973. The van der Waals surface area contributed by atoms with E-state index >= 15 is 0 Å². The van der Waals surface area contributed by atoms with Gasteiger partial charge in [-0.05, 0) is 28.9 Å². The molecule has 0 N–H and O–H groups in total. The van der Waals surface area contributed by atoms with Crippen LogP contribution < -0.4 is 0 Å². The Hall–Kier alpha value is 0.0400. The summed E-state index contributed by atoms with van der Waals surface area (Å²) in [7, 11) is 0. The van der Waals surface area contributed by atoms with Gasteiger partial charge in [0, 0.05) is 4.47 Å². The third kappa shape index (κ3) is 2.91. The van der Waals surface area contributed by atoms with Crippen LogP contribution in [-0.2, 0) is 0 Å². The molecule has 1 aromatic rings. The topological polar surface area (TPSA) is 25.8 Å². The van der Waals surface area contributed by atoms with Gasteiger partial charge < -0.3 is 0 Å². The van der Waals surface area contributed by atoms with Gasteiger partial charge in [0.2, 0.25) is 0 Å². The summed E-state index contributed by atoms with van der Waals surface area (Å²) in [5.74, 6) is 0. The Morgan fingerprint density at radius 2 is 2.22 bits per heavy atom. The molecule has 0 aliphatic carbocycles. The van der Waals surface area contributed by atoms with Crippen molar-refractivity contribution in [2.24, 2.45) is 0 Å². The highest BCUT2D eigenvalue weighted by Crippen LogP contribution is 2.05. The number of hydrogen-bond acceptors (Lipinski definition) is 2. The maximum absolute atomic E-state index is 3.76. The molecule has 9 heavy (non-hydrogen) atoms. The van der Waals surface area contributed by atoms with Crippen LogP contribution in [0.3, 0.4) is 0 Å². The summed E-state index contributed by atoms with van der Waals surface area (Å²) in [4.78, 5) is 0. The molecule has 0 atom stereocenters. The van der Waals surface area contributed by atoms with Crippen molar-refractivity contribution in [3.63, 3.8) is 0 Å². The summed E-state index contributed by atoms with van der Waals surface area (Å²) in [6.45, 7) is 1.90.